The first-order valence-electron chi connectivity index (χ1n) is 9.56. The van der Waals surface area contributed by atoms with E-state index in [1.54, 1.807) is 24.3 Å². The summed E-state index contributed by atoms with van der Waals surface area (Å²) in [5, 5.41) is 3.37. The number of anilines is 1. The van der Waals surface area contributed by atoms with Crippen LogP contribution >= 0.6 is 0 Å². The zero-order valence-corrected chi connectivity index (χ0v) is 16.5. The molecule has 0 spiro atoms. The van der Waals surface area contributed by atoms with Crippen molar-refractivity contribution in [3.8, 4) is 11.5 Å². The maximum atomic E-state index is 11.4. The molecule has 5 nitrogen and oxygen atoms in total. The summed E-state index contributed by atoms with van der Waals surface area (Å²) in [6, 6.07) is 25.0. The number of nitrogens with one attached hydrogen (secondary N) is 1. The van der Waals surface area contributed by atoms with Crippen molar-refractivity contribution in [2.45, 2.75) is 13.0 Å². The summed E-state index contributed by atoms with van der Waals surface area (Å²) in [7, 11) is 1.37. The molecule has 0 amide bonds. The lowest BCUT2D eigenvalue weighted by molar-refractivity contribution is 0.0600. The molecule has 3 aromatic rings. The molecule has 0 aliphatic rings. The summed E-state index contributed by atoms with van der Waals surface area (Å²) < 4.78 is 16.2. The van der Waals surface area contributed by atoms with Crippen molar-refractivity contribution < 1.29 is 19.0 Å². The van der Waals surface area contributed by atoms with Crippen LogP contribution in [0.15, 0.2) is 78.9 Å². The predicted molar refractivity (Wildman–Crippen MR) is 114 cm³/mol. The summed E-state index contributed by atoms with van der Waals surface area (Å²) in [5.41, 5.74) is 2.70. The van der Waals surface area contributed by atoms with E-state index in [-0.39, 0.29) is 5.97 Å². The number of carbonyl (C=O) groups excluding carboxylic acids is 1. The highest BCUT2D eigenvalue weighted by Crippen LogP contribution is 2.17. The fraction of sp³-hybridized carbons (Fsp3) is 0.208. The van der Waals surface area contributed by atoms with Crippen LogP contribution in [0.4, 0.5) is 5.69 Å². The Hall–Kier alpha value is -3.47. The Morgan fingerprint density at radius 3 is 2.17 bits per heavy atom. The van der Waals surface area contributed by atoms with Crippen LogP contribution in [0, 0.1) is 0 Å². The minimum absolute atomic E-state index is 0.350. The minimum Gasteiger partial charge on any atom is -0.494 e. The van der Waals surface area contributed by atoms with Crippen LogP contribution in [0.5, 0.6) is 11.5 Å². The number of methoxy groups -OCH3 is 1. The third-order valence-electron chi connectivity index (χ3n) is 4.30. The van der Waals surface area contributed by atoms with E-state index in [1.807, 2.05) is 54.6 Å². The van der Waals surface area contributed by atoms with Gasteiger partial charge >= 0.3 is 5.97 Å². The van der Waals surface area contributed by atoms with Gasteiger partial charge in [0, 0.05) is 12.2 Å². The van der Waals surface area contributed by atoms with E-state index in [0.29, 0.717) is 18.8 Å². The zero-order chi connectivity index (χ0) is 20.3. The molecule has 0 fully saturated rings. The predicted octanol–water partition coefficient (Wildman–Crippen LogP) is 4.93. The second kappa shape index (κ2) is 10.8. The van der Waals surface area contributed by atoms with Crippen molar-refractivity contribution in [2.75, 3.05) is 25.6 Å². The van der Waals surface area contributed by atoms with Crippen molar-refractivity contribution in [3.63, 3.8) is 0 Å². The fourth-order valence-electron chi connectivity index (χ4n) is 2.71. The van der Waals surface area contributed by atoms with Gasteiger partial charge in [0.15, 0.2) is 0 Å². The van der Waals surface area contributed by atoms with E-state index in [2.05, 4.69) is 10.1 Å². The number of benzene rings is 3. The molecule has 5 heteroatoms. The lowest BCUT2D eigenvalue weighted by Crippen LogP contribution is -2.07. The number of carbonyl (C=O) groups is 1. The van der Waals surface area contributed by atoms with E-state index >= 15 is 0 Å². The Morgan fingerprint density at radius 1 is 0.828 bits per heavy atom. The highest BCUT2D eigenvalue weighted by Gasteiger charge is 2.04. The fourth-order valence-corrected chi connectivity index (χ4v) is 2.71. The van der Waals surface area contributed by atoms with E-state index in [0.717, 1.165) is 35.7 Å². The zero-order valence-electron chi connectivity index (χ0n) is 16.5. The molecule has 0 aromatic heterocycles. The molecule has 0 saturated carbocycles. The van der Waals surface area contributed by atoms with Gasteiger partial charge in [-0.05, 0) is 60.5 Å². The molecule has 29 heavy (non-hydrogen) atoms. The van der Waals surface area contributed by atoms with Crippen LogP contribution in [0.25, 0.3) is 0 Å². The average Bonchev–Trinajstić information content (AvgIpc) is 2.79. The van der Waals surface area contributed by atoms with Crippen molar-refractivity contribution in [2.24, 2.45) is 0 Å². The first-order chi connectivity index (χ1) is 14.2. The molecule has 0 aliphatic carbocycles. The average molecular weight is 391 g/mol. The number of hydrogen-bond donors (Lipinski definition) is 1. The van der Waals surface area contributed by atoms with Crippen molar-refractivity contribution in [1.29, 1.82) is 0 Å². The van der Waals surface area contributed by atoms with Crippen LogP contribution in [-0.2, 0) is 11.3 Å². The smallest absolute Gasteiger partial charge is 0.337 e. The van der Waals surface area contributed by atoms with Gasteiger partial charge < -0.3 is 19.5 Å². The maximum Gasteiger partial charge on any atom is 0.337 e. The van der Waals surface area contributed by atoms with Gasteiger partial charge in [0.25, 0.3) is 0 Å². The minimum atomic E-state index is -0.350. The topological polar surface area (TPSA) is 56.8 Å². The number of rotatable bonds is 10. The summed E-state index contributed by atoms with van der Waals surface area (Å²) in [5.74, 6) is 1.23. The van der Waals surface area contributed by atoms with Crippen molar-refractivity contribution in [3.05, 3.63) is 90.0 Å². The third-order valence-corrected chi connectivity index (χ3v) is 4.30. The largest absolute Gasteiger partial charge is 0.494 e. The second-order valence-corrected chi connectivity index (χ2v) is 6.44. The summed E-state index contributed by atoms with van der Waals surface area (Å²) in [6.07, 6.45) is 0.852. The van der Waals surface area contributed by atoms with Gasteiger partial charge in [-0.15, -0.1) is 0 Å². The Labute approximate surface area is 171 Å². The Kier molecular flexibility index (Phi) is 7.52. The molecule has 0 saturated heterocycles. The number of hydrogen-bond acceptors (Lipinski definition) is 5. The molecule has 0 radical (unpaired) electrons. The highest BCUT2D eigenvalue weighted by atomic mass is 16.5. The van der Waals surface area contributed by atoms with Gasteiger partial charge in [0.2, 0.25) is 0 Å². The Morgan fingerprint density at radius 2 is 1.48 bits per heavy atom. The van der Waals surface area contributed by atoms with Crippen LogP contribution in [-0.4, -0.2) is 26.2 Å². The van der Waals surface area contributed by atoms with E-state index in [1.165, 1.54) is 7.11 Å². The van der Waals surface area contributed by atoms with Crippen LogP contribution in [0.3, 0.4) is 0 Å². The lowest BCUT2D eigenvalue weighted by atomic mass is 10.2. The number of ether oxygens (including phenoxy) is 3. The Bertz CT molecular complexity index is 877. The van der Waals surface area contributed by atoms with Gasteiger partial charge in [-0.3, -0.25) is 0 Å². The van der Waals surface area contributed by atoms with Crippen LogP contribution < -0.4 is 14.8 Å². The molecule has 0 unspecified atom stereocenters. The summed E-state index contributed by atoms with van der Waals surface area (Å²) in [6.45, 7) is 1.94. The molecular weight excluding hydrogens is 366 g/mol. The first-order valence-corrected chi connectivity index (χ1v) is 9.56. The molecule has 3 rings (SSSR count). The van der Waals surface area contributed by atoms with Gasteiger partial charge in [-0.2, -0.15) is 0 Å². The Balaban J connectivity index is 1.33. The van der Waals surface area contributed by atoms with Gasteiger partial charge in [-0.25, -0.2) is 4.79 Å². The van der Waals surface area contributed by atoms with Crippen molar-refractivity contribution in [1.82, 2.24) is 0 Å². The maximum absolute atomic E-state index is 11.4. The summed E-state index contributed by atoms with van der Waals surface area (Å²) in [4.78, 5) is 11.4. The van der Waals surface area contributed by atoms with E-state index in [4.69, 9.17) is 9.47 Å². The SMILES string of the molecule is COC(=O)c1ccc(OCCCNc2ccc(OCc3ccccc3)cc2)cc1. The highest BCUT2D eigenvalue weighted by molar-refractivity contribution is 5.89. The molecular formula is C24H25NO4. The molecule has 0 heterocycles. The lowest BCUT2D eigenvalue weighted by Gasteiger charge is -2.10. The summed E-state index contributed by atoms with van der Waals surface area (Å²) >= 11 is 0. The standard InChI is InChI=1S/C24H25NO4/c1-27-24(26)20-8-12-22(13-9-20)28-17-5-16-25-21-10-14-23(15-11-21)29-18-19-6-3-2-4-7-19/h2-4,6-15,25H,5,16-18H2,1H3. The van der Waals surface area contributed by atoms with E-state index < -0.39 is 0 Å². The van der Waals surface area contributed by atoms with Crippen LogP contribution in [0.2, 0.25) is 0 Å². The van der Waals surface area contributed by atoms with Crippen LogP contribution in [0.1, 0.15) is 22.3 Å². The molecule has 150 valence electrons. The number of esters is 1. The molecule has 1 N–H and O–H groups in total. The molecule has 3 aromatic carbocycles. The second-order valence-electron chi connectivity index (χ2n) is 6.44. The third kappa shape index (κ3) is 6.57. The molecule has 0 bridgehead atoms. The quantitative estimate of drug-likeness (QED) is 0.392. The normalized spacial score (nSPS) is 10.2. The monoisotopic (exact) mass is 391 g/mol. The van der Waals surface area contributed by atoms with E-state index in [9.17, 15) is 4.79 Å². The van der Waals surface area contributed by atoms with Gasteiger partial charge in [0.05, 0.1) is 19.3 Å². The molecule has 0 aliphatic heterocycles. The van der Waals surface area contributed by atoms with Gasteiger partial charge in [-0.1, -0.05) is 30.3 Å². The van der Waals surface area contributed by atoms with Crippen molar-refractivity contribution >= 4 is 11.7 Å². The molecule has 0 atom stereocenters. The first kappa shape index (κ1) is 20.3. The van der Waals surface area contributed by atoms with Gasteiger partial charge in [0.1, 0.15) is 18.1 Å².